The summed E-state index contributed by atoms with van der Waals surface area (Å²) in [5.74, 6) is -0.609. The van der Waals surface area contributed by atoms with Crippen LogP contribution in [-0.2, 0) is 0 Å². The molecule has 0 unspecified atom stereocenters. The fraction of sp³-hybridized carbons (Fsp3) is 0.0870. The van der Waals surface area contributed by atoms with Crippen molar-refractivity contribution >= 4 is 22.7 Å². The van der Waals surface area contributed by atoms with Crippen LogP contribution in [0.4, 0.5) is 10.2 Å². The van der Waals surface area contributed by atoms with Gasteiger partial charge in [-0.25, -0.2) is 9.37 Å². The summed E-state index contributed by atoms with van der Waals surface area (Å²) in [5.41, 5.74) is 1.61. The second kappa shape index (κ2) is 6.38. The molecule has 1 aliphatic heterocycles. The minimum Gasteiger partial charge on any atom is -0.450 e. The van der Waals surface area contributed by atoms with Crippen LogP contribution in [0.3, 0.4) is 0 Å². The lowest BCUT2D eigenvalue weighted by Gasteiger charge is -2.24. The monoisotopic (exact) mass is 386 g/mol. The van der Waals surface area contributed by atoms with E-state index in [0.717, 1.165) is 5.56 Å². The predicted molar refractivity (Wildman–Crippen MR) is 107 cm³/mol. The average Bonchev–Trinajstić information content (AvgIpc) is 3.02. The van der Waals surface area contributed by atoms with Gasteiger partial charge >= 0.3 is 0 Å². The van der Waals surface area contributed by atoms with E-state index in [1.807, 2.05) is 13.0 Å². The largest absolute Gasteiger partial charge is 0.450 e. The lowest BCUT2D eigenvalue weighted by Crippen LogP contribution is -2.30. The standard InChI is InChI=1S/C23H15FN2O3/c1-13-8-9-17-16(11-13)21(27)19-20(14-5-4-6-15(24)12-14)26(23(28)22(19)29-17)18-7-2-3-10-25-18/h2-12,20H,1H3/t20-/m1/s1. The molecule has 0 N–H and O–H groups in total. The van der Waals surface area contributed by atoms with Crippen molar-refractivity contribution in [2.75, 3.05) is 4.90 Å². The fourth-order valence-corrected chi connectivity index (χ4v) is 3.81. The highest BCUT2D eigenvalue weighted by Crippen LogP contribution is 2.40. The van der Waals surface area contributed by atoms with Gasteiger partial charge in [0.25, 0.3) is 5.91 Å². The van der Waals surface area contributed by atoms with Crippen molar-refractivity contribution < 1.29 is 13.6 Å². The van der Waals surface area contributed by atoms with Gasteiger partial charge in [0.05, 0.1) is 17.0 Å². The minimum absolute atomic E-state index is 0.0359. The van der Waals surface area contributed by atoms with Crippen LogP contribution in [0.25, 0.3) is 11.0 Å². The van der Waals surface area contributed by atoms with Crippen molar-refractivity contribution in [1.29, 1.82) is 0 Å². The topological polar surface area (TPSA) is 63.4 Å². The van der Waals surface area contributed by atoms with E-state index in [0.29, 0.717) is 22.4 Å². The van der Waals surface area contributed by atoms with Crippen LogP contribution in [0, 0.1) is 12.7 Å². The first-order chi connectivity index (χ1) is 14.0. The Hall–Kier alpha value is -3.80. The van der Waals surface area contributed by atoms with Crippen molar-refractivity contribution in [1.82, 2.24) is 4.98 Å². The number of anilines is 1. The Labute approximate surface area is 165 Å². The van der Waals surface area contributed by atoms with Gasteiger partial charge in [-0.05, 0) is 48.9 Å². The predicted octanol–water partition coefficient (Wildman–Crippen LogP) is 4.39. The molecule has 5 rings (SSSR count). The van der Waals surface area contributed by atoms with E-state index in [2.05, 4.69) is 4.98 Å². The molecule has 2 aromatic heterocycles. The van der Waals surface area contributed by atoms with E-state index in [9.17, 15) is 14.0 Å². The summed E-state index contributed by atoms with van der Waals surface area (Å²) in [6, 6.07) is 15.4. The molecule has 1 aliphatic rings. The molecule has 0 aliphatic carbocycles. The van der Waals surface area contributed by atoms with E-state index < -0.39 is 17.8 Å². The maximum absolute atomic E-state index is 14.0. The second-order valence-electron chi connectivity index (χ2n) is 6.99. The highest BCUT2D eigenvalue weighted by molar-refractivity contribution is 6.10. The summed E-state index contributed by atoms with van der Waals surface area (Å²) < 4.78 is 19.9. The van der Waals surface area contributed by atoms with Crippen molar-refractivity contribution in [2.24, 2.45) is 0 Å². The van der Waals surface area contributed by atoms with E-state index in [4.69, 9.17) is 4.42 Å². The number of fused-ring (bicyclic) bond motifs is 2. The molecule has 1 amide bonds. The minimum atomic E-state index is -0.829. The average molecular weight is 386 g/mol. The molecule has 0 spiro atoms. The second-order valence-corrected chi connectivity index (χ2v) is 6.99. The normalized spacial score (nSPS) is 15.7. The van der Waals surface area contributed by atoms with Gasteiger partial charge < -0.3 is 4.42 Å². The molecule has 0 bridgehead atoms. The number of amides is 1. The number of aromatic nitrogens is 1. The third-order valence-electron chi connectivity index (χ3n) is 5.09. The Morgan fingerprint density at radius 1 is 1.03 bits per heavy atom. The van der Waals surface area contributed by atoms with E-state index in [1.165, 1.54) is 17.0 Å². The zero-order valence-electron chi connectivity index (χ0n) is 15.4. The first-order valence-corrected chi connectivity index (χ1v) is 9.12. The number of carbonyl (C=O) groups is 1. The molecule has 0 radical (unpaired) electrons. The lowest BCUT2D eigenvalue weighted by atomic mass is 9.98. The zero-order valence-corrected chi connectivity index (χ0v) is 15.4. The summed E-state index contributed by atoms with van der Waals surface area (Å²) in [6.45, 7) is 1.88. The van der Waals surface area contributed by atoms with Crippen molar-refractivity contribution in [2.45, 2.75) is 13.0 Å². The molecule has 3 heterocycles. The van der Waals surface area contributed by atoms with Crippen LogP contribution >= 0.6 is 0 Å². The molecule has 5 nitrogen and oxygen atoms in total. The summed E-state index contributed by atoms with van der Waals surface area (Å²) >= 11 is 0. The van der Waals surface area contributed by atoms with Crippen LogP contribution in [0.15, 0.2) is 76.1 Å². The number of rotatable bonds is 2. The Morgan fingerprint density at radius 3 is 2.66 bits per heavy atom. The van der Waals surface area contributed by atoms with Gasteiger partial charge in [-0.2, -0.15) is 0 Å². The third kappa shape index (κ3) is 2.64. The van der Waals surface area contributed by atoms with Gasteiger partial charge in [0.1, 0.15) is 17.2 Å². The Bertz CT molecular complexity index is 1330. The lowest BCUT2D eigenvalue weighted by molar-refractivity contribution is 0.0970. The zero-order chi connectivity index (χ0) is 20.1. The number of halogens is 1. The van der Waals surface area contributed by atoms with Crippen LogP contribution in [0.1, 0.15) is 33.3 Å². The van der Waals surface area contributed by atoms with Crippen molar-refractivity contribution in [3.8, 4) is 0 Å². The van der Waals surface area contributed by atoms with Gasteiger partial charge in [0, 0.05) is 6.20 Å². The van der Waals surface area contributed by atoms with Crippen LogP contribution in [0.5, 0.6) is 0 Å². The van der Waals surface area contributed by atoms with Gasteiger partial charge in [0.15, 0.2) is 5.43 Å². The smallest absolute Gasteiger partial charge is 0.296 e. The van der Waals surface area contributed by atoms with Crippen molar-refractivity contribution in [3.05, 3.63) is 105 Å². The highest BCUT2D eigenvalue weighted by atomic mass is 19.1. The van der Waals surface area contributed by atoms with Gasteiger partial charge in [-0.3, -0.25) is 14.5 Å². The summed E-state index contributed by atoms with van der Waals surface area (Å²) in [4.78, 5) is 32.4. The van der Waals surface area contributed by atoms with E-state index >= 15 is 0 Å². The summed E-state index contributed by atoms with van der Waals surface area (Å²) in [5, 5.41) is 0.390. The summed E-state index contributed by atoms with van der Waals surface area (Å²) in [7, 11) is 0. The van der Waals surface area contributed by atoms with Crippen LogP contribution < -0.4 is 10.3 Å². The number of pyridine rings is 1. The molecular weight excluding hydrogens is 371 g/mol. The summed E-state index contributed by atoms with van der Waals surface area (Å²) in [6.07, 6.45) is 1.56. The Kier molecular flexibility index (Phi) is 3.81. The SMILES string of the molecule is Cc1ccc2oc3c(c(=O)c2c1)[C@@H](c1cccc(F)c1)N(c1ccccn1)C3=O. The molecule has 1 atom stereocenters. The van der Waals surface area contributed by atoms with E-state index in [1.54, 1.807) is 48.7 Å². The molecule has 0 fully saturated rings. The Balaban J connectivity index is 1.84. The third-order valence-corrected chi connectivity index (χ3v) is 5.09. The molecular formula is C23H15FN2O3. The van der Waals surface area contributed by atoms with Crippen LogP contribution in [0.2, 0.25) is 0 Å². The molecule has 2 aromatic carbocycles. The molecule has 0 saturated carbocycles. The van der Waals surface area contributed by atoms with Crippen molar-refractivity contribution in [3.63, 3.8) is 0 Å². The number of benzene rings is 2. The molecule has 6 heteroatoms. The number of carbonyl (C=O) groups excluding carboxylic acids is 1. The maximum atomic E-state index is 14.0. The van der Waals surface area contributed by atoms with Crippen LogP contribution in [-0.4, -0.2) is 10.9 Å². The van der Waals surface area contributed by atoms with E-state index in [-0.39, 0.29) is 16.8 Å². The molecule has 142 valence electrons. The molecule has 4 aromatic rings. The first kappa shape index (κ1) is 17.3. The fourth-order valence-electron chi connectivity index (χ4n) is 3.81. The number of hydrogen-bond donors (Lipinski definition) is 0. The number of nitrogens with zero attached hydrogens (tertiary/aromatic N) is 2. The maximum Gasteiger partial charge on any atom is 0.296 e. The quantitative estimate of drug-likeness (QED) is 0.513. The van der Waals surface area contributed by atoms with Gasteiger partial charge in [0.2, 0.25) is 5.76 Å². The van der Waals surface area contributed by atoms with Gasteiger partial charge in [-0.1, -0.05) is 29.8 Å². The molecule has 0 saturated heterocycles. The highest BCUT2D eigenvalue weighted by Gasteiger charge is 2.44. The first-order valence-electron chi connectivity index (χ1n) is 9.12. The number of hydrogen-bond acceptors (Lipinski definition) is 4. The molecule has 29 heavy (non-hydrogen) atoms. The van der Waals surface area contributed by atoms with Gasteiger partial charge in [-0.15, -0.1) is 0 Å². The number of aryl methyl sites for hydroxylation is 1. The Morgan fingerprint density at radius 2 is 1.90 bits per heavy atom.